The molecule has 4 aliphatic rings. The minimum Gasteiger partial charge on any atom is -0.494 e. The number of ether oxygens (including phenoxy) is 3. The smallest absolute Gasteiger partial charge is 0.262 e. The van der Waals surface area contributed by atoms with E-state index < -0.39 is 39.7 Å². The fourth-order valence-electron chi connectivity index (χ4n) is 7.76. The first-order valence-electron chi connectivity index (χ1n) is 19.9. The van der Waals surface area contributed by atoms with E-state index in [0.29, 0.717) is 44.2 Å². The third kappa shape index (κ3) is 10.2. The highest BCUT2D eigenvalue weighted by Gasteiger charge is 2.44. The van der Waals surface area contributed by atoms with E-state index in [-0.39, 0.29) is 47.9 Å². The molecule has 2 bridgehead atoms. The largest absolute Gasteiger partial charge is 0.494 e. The number of amides is 4. The molecule has 4 aromatic rings. The van der Waals surface area contributed by atoms with Gasteiger partial charge in [-0.2, -0.15) is 0 Å². The lowest BCUT2D eigenvalue weighted by Crippen LogP contribution is -2.54. The van der Waals surface area contributed by atoms with Crippen molar-refractivity contribution >= 4 is 45.3 Å². The van der Waals surface area contributed by atoms with Gasteiger partial charge in [0.15, 0.2) is 0 Å². The van der Waals surface area contributed by atoms with E-state index in [0.717, 1.165) is 53.9 Å². The number of sulfonamides is 1. The van der Waals surface area contributed by atoms with Crippen molar-refractivity contribution in [2.24, 2.45) is 0 Å². The number of benzene rings is 3. The molecule has 1 aromatic heterocycles. The van der Waals surface area contributed by atoms with Crippen LogP contribution in [0.2, 0.25) is 0 Å². The summed E-state index contributed by atoms with van der Waals surface area (Å²) in [5, 5.41) is 5.50. The van der Waals surface area contributed by atoms with Crippen molar-refractivity contribution in [3.05, 3.63) is 107 Å². The van der Waals surface area contributed by atoms with Crippen LogP contribution >= 0.6 is 0 Å². The van der Waals surface area contributed by atoms with Crippen molar-refractivity contribution in [2.75, 3.05) is 42.7 Å². The van der Waals surface area contributed by atoms with Gasteiger partial charge in [-0.3, -0.25) is 34.1 Å². The number of hydrogen-bond acceptors (Lipinski definition) is 12. The quantitative estimate of drug-likeness (QED) is 0.0878. The zero-order valence-electron chi connectivity index (χ0n) is 33.0. The molecule has 3 aromatic carbocycles. The van der Waals surface area contributed by atoms with E-state index in [4.69, 9.17) is 14.2 Å². The van der Waals surface area contributed by atoms with Gasteiger partial charge in [-0.25, -0.2) is 18.4 Å². The van der Waals surface area contributed by atoms with E-state index >= 15 is 0 Å². The number of rotatable bonds is 18. The second-order valence-corrected chi connectivity index (χ2v) is 16.8. The first-order valence-corrected chi connectivity index (χ1v) is 21.8. The Hall–Kier alpha value is -5.87. The van der Waals surface area contributed by atoms with Crippen LogP contribution in [0.3, 0.4) is 0 Å². The van der Waals surface area contributed by atoms with Crippen LogP contribution in [0.25, 0.3) is 0 Å². The van der Waals surface area contributed by atoms with Gasteiger partial charge in [0.05, 0.1) is 24.0 Å². The number of aromatic nitrogens is 2. The number of carbonyl (C=O) groups excluding carboxylic acids is 4. The maximum Gasteiger partial charge on any atom is 0.262 e. The van der Waals surface area contributed by atoms with Gasteiger partial charge in [-0.15, -0.1) is 0 Å². The van der Waals surface area contributed by atoms with Gasteiger partial charge in [0.1, 0.15) is 23.6 Å². The number of nitrogens with zero attached hydrogens (tertiary/aromatic N) is 3. The van der Waals surface area contributed by atoms with Crippen LogP contribution in [-0.4, -0.2) is 91.7 Å². The van der Waals surface area contributed by atoms with Crippen molar-refractivity contribution in [2.45, 2.75) is 75.9 Å². The molecule has 4 aliphatic heterocycles. The third-order valence-corrected chi connectivity index (χ3v) is 11.3. The van der Waals surface area contributed by atoms with Gasteiger partial charge >= 0.3 is 0 Å². The highest BCUT2D eigenvalue weighted by molar-refractivity contribution is 7.92. The van der Waals surface area contributed by atoms with Crippen molar-refractivity contribution in [1.29, 1.82) is 0 Å². The molecule has 0 saturated carbocycles. The molecule has 5 heterocycles. The van der Waals surface area contributed by atoms with Gasteiger partial charge in [-0.05, 0) is 97.7 Å². The van der Waals surface area contributed by atoms with Crippen LogP contribution in [0.5, 0.6) is 11.5 Å². The summed E-state index contributed by atoms with van der Waals surface area (Å²) in [4.78, 5) is 59.3. The summed E-state index contributed by atoms with van der Waals surface area (Å²) in [5.74, 6) is -0.413. The molecule has 3 N–H and O–H groups in total. The Bertz CT molecular complexity index is 2290. The number of anilines is 2. The van der Waals surface area contributed by atoms with Crippen molar-refractivity contribution in [1.82, 2.24) is 20.2 Å². The highest BCUT2D eigenvalue weighted by Crippen LogP contribution is 2.41. The highest BCUT2D eigenvalue weighted by atomic mass is 32.2. The van der Waals surface area contributed by atoms with E-state index in [1.807, 2.05) is 24.3 Å². The Balaban J connectivity index is 0.812. The number of imide groups is 2. The monoisotopic (exact) mass is 824 g/mol. The SMILES string of the molecule is CC1c2ccc(cc2)OC(Cc2ccnc(NS(C)(=O)=O)n2)C1c1ccc(OCCCCOCCCCNc2ccc3c(c2)C(=O)N(C2CCC(=O)NC2=O)C3=O)cc1. The maximum absolute atomic E-state index is 13.1. The lowest BCUT2D eigenvalue weighted by Gasteiger charge is -2.35. The number of piperidine rings is 1. The molecule has 8 rings (SSSR count). The molecular formula is C43H48N6O9S. The van der Waals surface area contributed by atoms with E-state index in [2.05, 4.69) is 56.5 Å². The van der Waals surface area contributed by atoms with Crippen LogP contribution in [0.4, 0.5) is 11.6 Å². The zero-order chi connectivity index (χ0) is 41.5. The first kappa shape index (κ1) is 41.3. The predicted octanol–water partition coefficient (Wildman–Crippen LogP) is 5.21. The summed E-state index contributed by atoms with van der Waals surface area (Å²) in [7, 11) is -3.52. The molecule has 0 aliphatic carbocycles. The Labute approximate surface area is 343 Å². The Morgan fingerprint density at radius 2 is 1.58 bits per heavy atom. The summed E-state index contributed by atoms with van der Waals surface area (Å²) in [6, 6.07) is 22.0. The third-order valence-electron chi connectivity index (χ3n) is 10.7. The lowest BCUT2D eigenvalue weighted by atomic mass is 9.77. The number of nitrogens with one attached hydrogen (secondary N) is 3. The molecule has 15 nitrogen and oxygen atoms in total. The Morgan fingerprint density at radius 3 is 2.32 bits per heavy atom. The molecule has 0 radical (unpaired) electrons. The molecule has 4 amide bonds. The molecule has 310 valence electrons. The van der Waals surface area contributed by atoms with Crippen molar-refractivity contribution < 1.29 is 41.8 Å². The number of carbonyl (C=O) groups is 4. The molecule has 59 heavy (non-hydrogen) atoms. The van der Waals surface area contributed by atoms with Gasteiger partial charge in [0, 0.05) is 56.1 Å². The minimum absolute atomic E-state index is 0.0187. The number of unbranched alkanes of at least 4 members (excludes halogenated alkanes) is 2. The standard InChI is InChI=1S/C43H48N6O9S/c1-27-28-7-14-33(15-8-28)58-37(26-31-19-21-45-43(46-31)48-59(2,54)55)39(27)29-9-12-32(13-10-29)57-24-6-5-23-56-22-4-3-20-44-30-11-16-34-35(25-30)42(53)49(41(34)52)36-17-18-38(50)47-40(36)51/h7-16,19,21,25,27,36-37,39,44H,3-6,17-18,20,22-24,26H2,1-2H3,(H,45,46,48)(H,47,50,51). The first-order chi connectivity index (χ1) is 28.4. The molecular weight excluding hydrogens is 777 g/mol. The second kappa shape index (κ2) is 18.4. The summed E-state index contributed by atoms with van der Waals surface area (Å²) >= 11 is 0. The molecule has 1 fully saturated rings. The van der Waals surface area contributed by atoms with Gasteiger partial charge in [-0.1, -0.05) is 31.2 Å². The van der Waals surface area contributed by atoms with Gasteiger partial charge in [0.2, 0.25) is 27.8 Å². The molecule has 4 atom stereocenters. The summed E-state index contributed by atoms with van der Waals surface area (Å²) in [6.45, 7) is 4.64. The predicted molar refractivity (Wildman–Crippen MR) is 219 cm³/mol. The summed E-state index contributed by atoms with van der Waals surface area (Å²) in [5.41, 5.74) is 4.17. The van der Waals surface area contributed by atoms with Crippen LogP contribution in [0, 0.1) is 0 Å². The minimum atomic E-state index is -3.52. The average molecular weight is 825 g/mol. The van der Waals surface area contributed by atoms with Gasteiger partial charge in [0.25, 0.3) is 11.8 Å². The molecule has 4 unspecified atom stereocenters. The van der Waals surface area contributed by atoms with Crippen molar-refractivity contribution in [3.8, 4) is 11.5 Å². The fraction of sp³-hybridized carbons (Fsp3) is 0.395. The second-order valence-electron chi connectivity index (χ2n) is 15.1. The van der Waals surface area contributed by atoms with Crippen LogP contribution in [-0.2, 0) is 30.8 Å². The summed E-state index contributed by atoms with van der Waals surface area (Å²) < 4.78 is 44.3. The van der Waals surface area contributed by atoms with Gasteiger partial charge < -0.3 is 19.5 Å². The maximum atomic E-state index is 13.1. The van der Waals surface area contributed by atoms with Crippen molar-refractivity contribution in [3.63, 3.8) is 0 Å². The molecule has 0 spiro atoms. The lowest BCUT2D eigenvalue weighted by molar-refractivity contribution is -0.136. The number of fused-ring (bicyclic) bond motifs is 6. The van der Waals surface area contributed by atoms with E-state index in [9.17, 15) is 27.6 Å². The number of hydrogen-bond donors (Lipinski definition) is 3. The normalized spacial score (nSPS) is 20.1. The zero-order valence-corrected chi connectivity index (χ0v) is 33.8. The van der Waals surface area contributed by atoms with Crippen LogP contribution in [0.15, 0.2) is 79.0 Å². The molecule has 16 heteroatoms. The average Bonchev–Trinajstić information content (AvgIpc) is 3.44. The van der Waals surface area contributed by atoms with E-state index in [1.54, 1.807) is 30.5 Å². The Morgan fingerprint density at radius 1 is 0.864 bits per heavy atom. The van der Waals surface area contributed by atoms with Crippen LogP contribution in [0.1, 0.15) is 94.8 Å². The summed E-state index contributed by atoms with van der Waals surface area (Å²) in [6.07, 6.45) is 6.36. The van der Waals surface area contributed by atoms with E-state index in [1.165, 1.54) is 5.56 Å². The molecule has 1 saturated heterocycles. The van der Waals surface area contributed by atoms with Crippen LogP contribution < -0.4 is 24.8 Å². The topological polar surface area (TPSA) is 195 Å². The fourth-order valence-corrected chi connectivity index (χ4v) is 8.19. The Kier molecular flexibility index (Phi) is 12.9.